The molecule has 1 aliphatic carbocycles. The van der Waals surface area contributed by atoms with Gasteiger partial charge < -0.3 is 9.88 Å². The molecule has 1 amide bonds. The number of aromatic amines is 1. The normalized spacial score (nSPS) is 22.4. The van der Waals surface area contributed by atoms with E-state index >= 15 is 0 Å². The van der Waals surface area contributed by atoms with Crippen LogP contribution in [0.15, 0.2) is 48.8 Å². The van der Waals surface area contributed by atoms with Crippen molar-refractivity contribution >= 4 is 16.9 Å². The van der Waals surface area contributed by atoms with E-state index in [0.29, 0.717) is 12.0 Å². The van der Waals surface area contributed by atoms with E-state index < -0.39 is 0 Å². The lowest BCUT2D eigenvalue weighted by Crippen LogP contribution is -2.48. The number of imidazole rings is 1. The Kier molecular flexibility index (Phi) is 2.98. The van der Waals surface area contributed by atoms with Gasteiger partial charge in [0, 0.05) is 19.6 Å². The molecule has 1 aromatic heterocycles. The van der Waals surface area contributed by atoms with E-state index in [9.17, 15) is 4.79 Å². The first-order chi connectivity index (χ1) is 11.8. The Bertz CT molecular complexity index is 935. The third kappa shape index (κ3) is 2.06. The number of piperidine rings is 1. The number of carbonyl (C=O) groups is 1. The Hall–Kier alpha value is -2.62. The van der Waals surface area contributed by atoms with Crippen molar-refractivity contribution in [3.63, 3.8) is 0 Å². The van der Waals surface area contributed by atoms with Crippen LogP contribution in [-0.4, -0.2) is 33.4 Å². The first-order valence-corrected chi connectivity index (χ1v) is 8.61. The maximum absolute atomic E-state index is 13.1. The minimum Gasteiger partial charge on any atom is -0.345 e. The summed E-state index contributed by atoms with van der Waals surface area (Å²) >= 11 is 0. The van der Waals surface area contributed by atoms with Gasteiger partial charge in [-0.3, -0.25) is 4.79 Å². The molecule has 2 unspecified atom stereocenters. The summed E-state index contributed by atoms with van der Waals surface area (Å²) in [5.74, 6) is 0.758. The number of likely N-dealkylation sites (tertiary alicyclic amines) is 1. The number of hydrogen-bond donors (Lipinski definition) is 1. The maximum Gasteiger partial charge on any atom is 0.254 e. The van der Waals surface area contributed by atoms with Crippen LogP contribution < -0.4 is 0 Å². The molecule has 1 fully saturated rings. The second kappa shape index (κ2) is 5.20. The van der Waals surface area contributed by atoms with Gasteiger partial charge in [-0.2, -0.15) is 0 Å². The van der Waals surface area contributed by atoms with Gasteiger partial charge in [-0.05, 0) is 54.5 Å². The lowest BCUT2D eigenvalue weighted by atomic mass is 9.75. The van der Waals surface area contributed by atoms with Crippen LogP contribution in [0.5, 0.6) is 0 Å². The summed E-state index contributed by atoms with van der Waals surface area (Å²) < 4.78 is 0. The Balaban J connectivity index is 0.00000157. The van der Waals surface area contributed by atoms with Crippen molar-refractivity contribution in [1.29, 1.82) is 0 Å². The van der Waals surface area contributed by atoms with Crippen LogP contribution in [0.25, 0.3) is 11.0 Å². The summed E-state index contributed by atoms with van der Waals surface area (Å²) in [5, 5.41) is 0. The van der Waals surface area contributed by atoms with Gasteiger partial charge in [0.05, 0.1) is 17.4 Å². The third-order valence-electron chi connectivity index (χ3n) is 5.59. The van der Waals surface area contributed by atoms with Crippen LogP contribution in [0, 0.1) is 0 Å². The highest BCUT2D eigenvalue weighted by atomic mass is 16.2. The largest absolute Gasteiger partial charge is 0.345 e. The summed E-state index contributed by atoms with van der Waals surface area (Å²) in [5.41, 5.74) is 5.49. The molecule has 2 aromatic carbocycles. The zero-order valence-corrected chi connectivity index (χ0v) is 13.4. The van der Waals surface area contributed by atoms with Crippen molar-refractivity contribution in [2.24, 2.45) is 0 Å². The first-order valence-electron chi connectivity index (χ1n) is 8.61. The van der Waals surface area contributed by atoms with E-state index in [1.54, 1.807) is 6.33 Å². The Morgan fingerprint density at radius 2 is 2.17 bits per heavy atom. The van der Waals surface area contributed by atoms with Crippen molar-refractivity contribution in [1.82, 2.24) is 14.9 Å². The number of carbonyl (C=O) groups excluding carboxylic acids is 1. The first kappa shape index (κ1) is 13.8. The van der Waals surface area contributed by atoms with Crippen molar-refractivity contribution in [3.8, 4) is 0 Å². The number of aromatic nitrogens is 2. The minimum atomic E-state index is 0. The van der Waals surface area contributed by atoms with Gasteiger partial charge in [0.2, 0.25) is 0 Å². The molecule has 0 saturated carbocycles. The van der Waals surface area contributed by atoms with Gasteiger partial charge in [-0.1, -0.05) is 24.3 Å². The van der Waals surface area contributed by atoms with Gasteiger partial charge in [-0.15, -0.1) is 0 Å². The van der Waals surface area contributed by atoms with E-state index in [1.165, 1.54) is 11.1 Å². The van der Waals surface area contributed by atoms with E-state index in [0.717, 1.165) is 42.4 Å². The Morgan fingerprint density at radius 3 is 3.12 bits per heavy atom. The van der Waals surface area contributed by atoms with Gasteiger partial charge in [0.15, 0.2) is 0 Å². The van der Waals surface area contributed by atoms with Crippen molar-refractivity contribution in [2.45, 2.75) is 31.2 Å². The van der Waals surface area contributed by atoms with Crippen LogP contribution in [0.4, 0.5) is 0 Å². The zero-order valence-electron chi connectivity index (χ0n) is 13.4. The summed E-state index contributed by atoms with van der Waals surface area (Å²) in [6.45, 7) is 0.851. The van der Waals surface area contributed by atoms with Crippen molar-refractivity contribution in [2.75, 3.05) is 6.54 Å². The summed E-state index contributed by atoms with van der Waals surface area (Å²) in [4.78, 5) is 22.5. The monoisotopic (exact) mass is 319 g/mol. The molecule has 5 rings (SSSR count). The average Bonchev–Trinajstić information content (AvgIpc) is 3.09. The summed E-state index contributed by atoms with van der Waals surface area (Å²) in [6, 6.07) is 14.8. The second-order valence-corrected chi connectivity index (χ2v) is 6.91. The highest BCUT2D eigenvalue weighted by Gasteiger charge is 2.37. The maximum atomic E-state index is 13.1. The highest BCUT2D eigenvalue weighted by molar-refractivity contribution is 5.97. The minimum absolute atomic E-state index is 0. The predicted octanol–water partition coefficient (Wildman–Crippen LogP) is 3.75. The molecule has 122 valence electrons. The van der Waals surface area contributed by atoms with Gasteiger partial charge in [0.25, 0.3) is 5.91 Å². The molecule has 0 radical (unpaired) electrons. The molecule has 4 nitrogen and oxygen atoms in total. The van der Waals surface area contributed by atoms with Crippen LogP contribution in [-0.2, 0) is 6.42 Å². The summed E-state index contributed by atoms with van der Waals surface area (Å²) in [7, 11) is 0. The van der Waals surface area contributed by atoms with Crippen LogP contribution in [0.2, 0.25) is 0 Å². The van der Waals surface area contributed by atoms with Crippen LogP contribution >= 0.6 is 0 Å². The average molecular weight is 319 g/mol. The molecule has 1 saturated heterocycles. The predicted molar refractivity (Wildman–Crippen MR) is 95.2 cm³/mol. The fourth-order valence-electron chi connectivity index (χ4n) is 4.40. The number of fused-ring (bicyclic) bond motifs is 5. The molecule has 1 aliphatic heterocycles. The zero-order chi connectivity index (χ0) is 16.1. The standard InChI is InChI=1S/C20H19N3O.H2/c24-20(15-5-6-18-19(11-15)22-12-21-18)23-8-7-14-10-16(23)9-13-3-1-2-4-17(13)14;/h1-6,11-12,14,16H,7-10H2,(H,21,22);1H. The molecular formula is C20H21N3O. The SMILES string of the molecule is O=C(c1ccc2nc[nH]c2c1)N1CCC2CC1Cc1ccccc12.[HH]. The molecule has 3 aromatic rings. The number of rotatable bonds is 1. The number of H-pyrrole nitrogens is 1. The molecule has 24 heavy (non-hydrogen) atoms. The number of nitrogens with zero attached hydrogens (tertiary/aromatic N) is 2. The van der Waals surface area contributed by atoms with E-state index in [4.69, 9.17) is 0 Å². The Labute approximate surface area is 142 Å². The molecule has 4 heteroatoms. The third-order valence-corrected chi connectivity index (χ3v) is 5.59. The molecule has 2 bridgehead atoms. The Morgan fingerprint density at radius 1 is 1.25 bits per heavy atom. The molecule has 1 N–H and O–H groups in total. The van der Waals surface area contributed by atoms with E-state index in [2.05, 4.69) is 39.1 Å². The molecule has 0 spiro atoms. The lowest BCUT2D eigenvalue weighted by Gasteiger charge is -2.44. The molecule has 2 aliphatic rings. The number of hydrogen-bond acceptors (Lipinski definition) is 2. The smallest absolute Gasteiger partial charge is 0.254 e. The van der Waals surface area contributed by atoms with Gasteiger partial charge >= 0.3 is 0 Å². The van der Waals surface area contributed by atoms with Crippen molar-refractivity contribution in [3.05, 3.63) is 65.5 Å². The fraction of sp³-hybridized carbons (Fsp3) is 0.300. The lowest BCUT2D eigenvalue weighted by molar-refractivity contribution is 0.0574. The molecule has 2 atom stereocenters. The topological polar surface area (TPSA) is 49.0 Å². The fourth-order valence-corrected chi connectivity index (χ4v) is 4.40. The number of nitrogens with one attached hydrogen (secondary N) is 1. The van der Waals surface area contributed by atoms with E-state index in [1.807, 2.05) is 18.2 Å². The number of amides is 1. The van der Waals surface area contributed by atoms with E-state index in [-0.39, 0.29) is 7.33 Å². The van der Waals surface area contributed by atoms with Gasteiger partial charge in [-0.25, -0.2) is 4.98 Å². The molecule has 2 heterocycles. The van der Waals surface area contributed by atoms with Crippen LogP contribution in [0.3, 0.4) is 0 Å². The molecular weight excluding hydrogens is 298 g/mol. The van der Waals surface area contributed by atoms with Crippen LogP contribution in [0.1, 0.15) is 41.7 Å². The number of benzene rings is 2. The quantitative estimate of drug-likeness (QED) is 0.742. The highest BCUT2D eigenvalue weighted by Crippen LogP contribution is 2.40. The van der Waals surface area contributed by atoms with Gasteiger partial charge in [0.1, 0.15) is 0 Å². The second-order valence-electron chi connectivity index (χ2n) is 6.91. The summed E-state index contributed by atoms with van der Waals surface area (Å²) in [6.07, 6.45) is 4.80. The van der Waals surface area contributed by atoms with Crippen molar-refractivity contribution < 1.29 is 6.22 Å².